The molecule has 0 aliphatic rings. The highest BCUT2D eigenvalue weighted by molar-refractivity contribution is 5.82. The van der Waals surface area contributed by atoms with Crippen molar-refractivity contribution in [1.82, 2.24) is 19.6 Å². The second-order valence-electron chi connectivity index (χ2n) is 14.8. The predicted molar refractivity (Wildman–Crippen MR) is 248 cm³/mol. The zero-order valence-electron chi connectivity index (χ0n) is 38.6. The second-order valence-corrected chi connectivity index (χ2v) is 14.8. The van der Waals surface area contributed by atoms with Crippen molar-refractivity contribution in [1.29, 1.82) is 0 Å². The number of carbonyl (C=O) groups excluding carboxylic acids is 6. The number of unbranched alkanes of at least 4 members (excludes halogenated alkanes) is 6. The highest BCUT2D eigenvalue weighted by Crippen LogP contribution is 2.08. The molecule has 0 heterocycles. The van der Waals surface area contributed by atoms with Crippen molar-refractivity contribution in [3.05, 3.63) is 75.9 Å². The van der Waals surface area contributed by atoms with Crippen LogP contribution in [0.3, 0.4) is 0 Å². The molecule has 64 heavy (non-hydrogen) atoms. The molecule has 0 saturated heterocycles. The Kier molecular flexibility index (Phi) is 38.9. The third kappa shape index (κ3) is 36.6. The lowest BCUT2D eigenvalue weighted by Crippen LogP contribution is -2.44. The molecule has 0 aromatic heterocycles. The van der Waals surface area contributed by atoms with E-state index in [0.29, 0.717) is 78.2 Å². The summed E-state index contributed by atoms with van der Waals surface area (Å²) in [6.45, 7) is 32.1. The average Bonchev–Trinajstić information content (AvgIpc) is 3.30. The van der Waals surface area contributed by atoms with E-state index in [-0.39, 0.29) is 0 Å². The van der Waals surface area contributed by atoms with Gasteiger partial charge < -0.3 is 43.1 Å². The summed E-state index contributed by atoms with van der Waals surface area (Å²) in [7, 11) is 0. The van der Waals surface area contributed by atoms with Crippen molar-refractivity contribution in [2.24, 2.45) is 0 Å². The number of nitrogens with zero attached hydrogens (tertiary/aromatic N) is 4. The fourth-order valence-corrected chi connectivity index (χ4v) is 6.21. The number of hydrogen-bond donors (Lipinski definition) is 0. The minimum absolute atomic E-state index is 0.314. The molecule has 0 aliphatic carbocycles. The molecule has 0 radical (unpaired) electrons. The van der Waals surface area contributed by atoms with Crippen molar-refractivity contribution < 1.29 is 57.2 Å². The maximum absolute atomic E-state index is 11.6. The summed E-state index contributed by atoms with van der Waals surface area (Å²) in [5.41, 5.74) is 0. The Morgan fingerprint density at radius 3 is 0.531 bits per heavy atom. The van der Waals surface area contributed by atoms with Gasteiger partial charge in [-0.2, -0.15) is 0 Å². The van der Waals surface area contributed by atoms with Crippen LogP contribution in [-0.4, -0.2) is 174 Å². The predicted octanol–water partition coefficient (Wildman–Crippen LogP) is 5.25. The van der Waals surface area contributed by atoms with Crippen molar-refractivity contribution in [2.75, 3.05) is 118 Å². The molecule has 0 fully saturated rings. The molecule has 0 aromatic carbocycles. The molecule has 0 N–H and O–H groups in total. The van der Waals surface area contributed by atoms with Gasteiger partial charge in [-0.1, -0.05) is 39.5 Å². The van der Waals surface area contributed by atoms with Crippen LogP contribution in [0.5, 0.6) is 0 Å². The number of rotatable bonds is 45. The van der Waals surface area contributed by atoms with E-state index < -0.39 is 35.8 Å². The summed E-state index contributed by atoms with van der Waals surface area (Å²) in [5, 5.41) is 0. The van der Waals surface area contributed by atoms with Crippen molar-refractivity contribution in [3.8, 4) is 0 Å². The highest BCUT2D eigenvalue weighted by atomic mass is 16.5. The summed E-state index contributed by atoms with van der Waals surface area (Å²) in [6.07, 6.45) is 16.2. The Morgan fingerprint density at radius 1 is 0.250 bits per heavy atom. The first-order valence-electron chi connectivity index (χ1n) is 22.7. The van der Waals surface area contributed by atoms with Gasteiger partial charge in [0, 0.05) is 75.7 Å². The van der Waals surface area contributed by atoms with Gasteiger partial charge in [-0.05, 0) is 116 Å². The van der Waals surface area contributed by atoms with Crippen molar-refractivity contribution >= 4 is 35.8 Å². The minimum Gasteiger partial charge on any atom is -0.463 e. The van der Waals surface area contributed by atoms with Crippen LogP contribution < -0.4 is 0 Å². The molecule has 0 aliphatic heterocycles. The van der Waals surface area contributed by atoms with E-state index in [1.54, 1.807) is 0 Å². The molecular formula is C48H78N4O12. The number of esters is 6. The monoisotopic (exact) mass is 903 g/mol. The van der Waals surface area contributed by atoms with Crippen molar-refractivity contribution in [2.45, 2.75) is 77.0 Å². The summed E-state index contributed by atoms with van der Waals surface area (Å²) in [6, 6.07) is 0. The first-order valence-corrected chi connectivity index (χ1v) is 22.7. The van der Waals surface area contributed by atoms with Gasteiger partial charge in [0.1, 0.15) is 0 Å². The molecule has 0 bridgehead atoms. The SMILES string of the molecule is C=CC(=O)OCCCCN(CCCCOC(=O)C=C)CCN(CCN(CCCCOC(=O)C=C)CCCCOC(=O)C=C)CCN(CCCCOC(=O)C=C)CCCCOC(=O)C=C. The zero-order valence-corrected chi connectivity index (χ0v) is 38.6. The molecule has 16 heteroatoms. The maximum Gasteiger partial charge on any atom is 0.330 e. The van der Waals surface area contributed by atoms with E-state index in [1.165, 1.54) is 0 Å². The van der Waals surface area contributed by atoms with Crippen LogP contribution in [0.25, 0.3) is 0 Å². The maximum atomic E-state index is 11.6. The van der Waals surface area contributed by atoms with Crippen molar-refractivity contribution in [3.63, 3.8) is 0 Å². The fourth-order valence-electron chi connectivity index (χ4n) is 6.21. The van der Waals surface area contributed by atoms with E-state index in [9.17, 15) is 28.8 Å². The lowest BCUT2D eigenvalue weighted by Gasteiger charge is -2.32. The summed E-state index contributed by atoms with van der Waals surface area (Å²) in [5.74, 6) is -2.64. The Morgan fingerprint density at radius 2 is 0.391 bits per heavy atom. The molecular weight excluding hydrogens is 825 g/mol. The van der Waals surface area contributed by atoms with E-state index >= 15 is 0 Å². The molecule has 0 spiro atoms. The number of ether oxygens (including phenoxy) is 6. The summed E-state index contributed by atoms with van der Waals surface area (Å²) in [4.78, 5) is 79.2. The van der Waals surface area contributed by atoms with E-state index in [1.807, 2.05) is 0 Å². The zero-order chi connectivity index (χ0) is 47.5. The molecule has 0 rings (SSSR count). The van der Waals surface area contributed by atoms with Gasteiger partial charge in [-0.15, -0.1) is 0 Å². The van der Waals surface area contributed by atoms with Crippen LogP contribution in [0.1, 0.15) is 77.0 Å². The Hall–Kier alpha value is -4.90. The first-order chi connectivity index (χ1) is 31.0. The van der Waals surface area contributed by atoms with E-state index in [4.69, 9.17) is 28.4 Å². The van der Waals surface area contributed by atoms with Crippen LogP contribution in [-0.2, 0) is 57.2 Å². The number of hydrogen-bond acceptors (Lipinski definition) is 16. The van der Waals surface area contributed by atoms with Gasteiger partial charge in [0.2, 0.25) is 0 Å². The lowest BCUT2D eigenvalue weighted by atomic mass is 10.2. The van der Waals surface area contributed by atoms with Gasteiger partial charge in [-0.3, -0.25) is 4.90 Å². The Balaban J connectivity index is 6.10. The molecule has 0 aromatic rings. The van der Waals surface area contributed by atoms with Crippen LogP contribution >= 0.6 is 0 Å². The summed E-state index contributed by atoms with van der Waals surface area (Å²) >= 11 is 0. The fraction of sp³-hybridized carbons (Fsp3) is 0.625. The Labute approximate surface area is 382 Å². The number of carbonyl (C=O) groups is 6. The lowest BCUT2D eigenvalue weighted by molar-refractivity contribution is -0.138. The molecule has 0 amide bonds. The molecule has 16 nitrogen and oxygen atoms in total. The molecule has 0 saturated carbocycles. The highest BCUT2D eigenvalue weighted by Gasteiger charge is 2.15. The normalized spacial score (nSPS) is 10.9. The molecule has 0 unspecified atom stereocenters. The molecule has 0 atom stereocenters. The Bertz CT molecular complexity index is 1140. The minimum atomic E-state index is -0.441. The van der Waals surface area contributed by atoms with E-state index in [2.05, 4.69) is 59.1 Å². The van der Waals surface area contributed by atoms with Crippen LogP contribution in [0.2, 0.25) is 0 Å². The third-order valence-corrected chi connectivity index (χ3v) is 9.88. The van der Waals surface area contributed by atoms with Crippen LogP contribution in [0.4, 0.5) is 0 Å². The second kappa shape index (κ2) is 42.1. The van der Waals surface area contributed by atoms with Crippen LogP contribution in [0, 0.1) is 0 Å². The topological polar surface area (TPSA) is 171 Å². The molecule has 362 valence electrons. The largest absolute Gasteiger partial charge is 0.463 e. The summed E-state index contributed by atoms with van der Waals surface area (Å²) < 4.78 is 31.2. The van der Waals surface area contributed by atoms with Gasteiger partial charge >= 0.3 is 35.8 Å². The third-order valence-electron chi connectivity index (χ3n) is 9.88. The van der Waals surface area contributed by atoms with Gasteiger partial charge in [0.15, 0.2) is 0 Å². The van der Waals surface area contributed by atoms with Gasteiger partial charge in [0.05, 0.1) is 39.6 Å². The quantitative estimate of drug-likeness (QED) is 0.0336. The smallest absolute Gasteiger partial charge is 0.330 e. The average molecular weight is 903 g/mol. The van der Waals surface area contributed by atoms with E-state index in [0.717, 1.165) is 154 Å². The van der Waals surface area contributed by atoms with Crippen LogP contribution in [0.15, 0.2) is 75.9 Å². The van der Waals surface area contributed by atoms with Gasteiger partial charge in [-0.25, -0.2) is 28.8 Å². The first kappa shape index (κ1) is 59.1. The van der Waals surface area contributed by atoms with Gasteiger partial charge in [0.25, 0.3) is 0 Å². The standard InChI is InChI=1S/C48H78N4O12/c1-7-43(53)59-37-19-13-25-49(26-14-20-38-60-44(54)8-2)31-34-52(35-32-50(27-15-21-39-61-45(55)9-3)28-16-22-40-62-46(56)10-4)36-33-51(29-17-23-41-63-47(57)11-5)30-18-24-42-64-48(58)12-6/h7-12H,1-6,13-42H2.